The van der Waals surface area contributed by atoms with Gasteiger partial charge in [0.25, 0.3) is 0 Å². The average molecular weight is 1010 g/mol. The Morgan fingerprint density at radius 3 is 0.975 bits per heavy atom. The molecule has 0 unspecified atom stereocenters. The number of hydrogen-bond donors (Lipinski definition) is 0. The summed E-state index contributed by atoms with van der Waals surface area (Å²) in [7, 11) is 0. The van der Waals surface area contributed by atoms with E-state index in [0.29, 0.717) is 0 Å². The van der Waals surface area contributed by atoms with Crippen molar-refractivity contribution in [3.05, 3.63) is 375 Å². The number of benzene rings is 12. The number of hydrogen-bond acceptors (Lipinski definition) is 1. The fourth-order valence-electron chi connectivity index (χ4n) is 15.6. The zero-order chi connectivity index (χ0) is 52.5. The Labute approximate surface area is 463 Å². The van der Waals surface area contributed by atoms with Gasteiger partial charge in [-0.25, -0.2) is 0 Å². The molecule has 0 fully saturated rings. The molecular formula is C78H55N. The Kier molecular flexibility index (Phi) is 9.80. The molecule has 12 aromatic rings. The molecule has 16 rings (SSSR count). The first kappa shape index (κ1) is 45.6. The van der Waals surface area contributed by atoms with Crippen LogP contribution in [0.25, 0.3) is 33.4 Å². The summed E-state index contributed by atoms with van der Waals surface area (Å²) in [5, 5.41) is 0. The Balaban J connectivity index is 0.978. The quantitative estimate of drug-likeness (QED) is 0.154. The van der Waals surface area contributed by atoms with E-state index in [2.05, 4.69) is 316 Å². The molecule has 0 radical (unpaired) electrons. The van der Waals surface area contributed by atoms with E-state index in [1.54, 1.807) is 0 Å². The molecule has 372 valence electrons. The number of anilines is 3. The number of rotatable bonds is 7. The lowest BCUT2D eigenvalue weighted by molar-refractivity contribution is 0.623. The second-order valence-electron chi connectivity index (χ2n) is 22.6. The Hall–Kier alpha value is -9.56. The summed E-state index contributed by atoms with van der Waals surface area (Å²) in [6, 6.07) is 113. The standard InChI is InChI=1S/C78H55N/c1-75(2)65-36-18-15-33-59(65)62-46-43-57(50-73(62)75)79(56-45-48-68-64(49-56)61-35-17-19-37-66(61)76(68,52-25-7-3-8-26-52)53-27-9-4-10-28-53)58-44-47-63-60-34-16-20-38-67(60)78(74(63)51-58)71-41-23-21-39-69(71)77(54-29-11-5-12-30-54,55-31-13-6-14-32-55)70-40-22-24-42-72(70)78/h3-51H,1-2H3. The van der Waals surface area contributed by atoms with Gasteiger partial charge in [-0.05, 0) is 148 Å². The van der Waals surface area contributed by atoms with Crippen LogP contribution in [0.1, 0.15) is 91.7 Å². The summed E-state index contributed by atoms with van der Waals surface area (Å²) in [4.78, 5) is 2.56. The average Bonchev–Trinajstić information content (AvgIpc) is 2.97. The highest BCUT2D eigenvalue weighted by Crippen LogP contribution is 2.66. The summed E-state index contributed by atoms with van der Waals surface area (Å²) in [6.07, 6.45) is 0. The van der Waals surface area contributed by atoms with Gasteiger partial charge in [0, 0.05) is 22.5 Å². The van der Waals surface area contributed by atoms with E-state index in [1.807, 2.05) is 0 Å². The summed E-state index contributed by atoms with van der Waals surface area (Å²) < 4.78 is 0. The molecule has 79 heavy (non-hydrogen) atoms. The summed E-state index contributed by atoms with van der Waals surface area (Å²) in [5.74, 6) is 0. The molecule has 1 nitrogen and oxygen atoms in total. The Morgan fingerprint density at radius 1 is 0.203 bits per heavy atom. The summed E-state index contributed by atoms with van der Waals surface area (Å²) in [6.45, 7) is 4.79. The molecule has 0 saturated heterocycles. The lowest BCUT2D eigenvalue weighted by Gasteiger charge is -2.50. The van der Waals surface area contributed by atoms with Gasteiger partial charge in [-0.2, -0.15) is 0 Å². The molecule has 0 N–H and O–H groups in total. The molecule has 0 bridgehead atoms. The van der Waals surface area contributed by atoms with Gasteiger partial charge >= 0.3 is 0 Å². The fourth-order valence-corrected chi connectivity index (χ4v) is 15.6. The third-order valence-electron chi connectivity index (χ3n) is 18.7. The monoisotopic (exact) mass is 1010 g/mol. The topological polar surface area (TPSA) is 3.24 Å². The van der Waals surface area contributed by atoms with Crippen LogP contribution in [0.3, 0.4) is 0 Å². The Bertz CT molecular complexity index is 4270. The normalized spacial score (nSPS) is 15.4. The predicted octanol–water partition coefficient (Wildman–Crippen LogP) is 18.9. The minimum absolute atomic E-state index is 0.196. The van der Waals surface area contributed by atoms with E-state index in [-0.39, 0.29) is 5.41 Å². The molecule has 0 saturated carbocycles. The van der Waals surface area contributed by atoms with Crippen molar-refractivity contribution < 1.29 is 0 Å². The van der Waals surface area contributed by atoms with E-state index in [1.165, 1.54) is 111 Å². The van der Waals surface area contributed by atoms with E-state index >= 15 is 0 Å². The van der Waals surface area contributed by atoms with Gasteiger partial charge in [0.15, 0.2) is 0 Å². The molecule has 0 aromatic heterocycles. The molecule has 0 aliphatic heterocycles. The lowest BCUT2D eigenvalue weighted by Crippen LogP contribution is -2.44. The molecular weight excluding hydrogens is 951 g/mol. The fraction of sp³-hybridized carbons (Fsp3) is 0.0769. The van der Waals surface area contributed by atoms with Gasteiger partial charge in [0.2, 0.25) is 0 Å². The van der Waals surface area contributed by atoms with Crippen molar-refractivity contribution in [2.24, 2.45) is 0 Å². The number of fused-ring (bicyclic) bond motifs is 15. The lowest BCUT2D eigenvalue weighted by atomic mass is 9.51. The first-order valence-electron chi connectivity index (χ1n) is 27.9. The van der Waals surface area contributed by atoms with Crippen molar-refractivity contribution in [2.75, 3.05) is 4.90 Å². The van der Waals surface area contributed by atoms with Crippen molar-refractivity contribution in [1.29, 1.82) is 0 Å². The van der Waals surface area contributed by atoms with E-state index < -0.39 is 16.2 Å². The van der Waals surface area contributed by atoms with Gasteiger partial charge in [-0.1, -0.05) is 275 Å². The van der Waals surface area contributed by atoms with Crippen molar-refractivity contribution >= 4 is 17.1 Å². The minimum Gasteiger partial charge on any atom is -0.310 e. The van der Waals surface area contributed by atoms with Crippen LogP contribution in [-0.4, -0.2) is 0 Å². The van der Waals surface area contributed by atoms with E-state index in [4.69, 9.17) is 0 Å². The van der Waals surface area contributed by atoms with E-state index in [0.717, 1.165) is 17.1 Å². The maximum absolute atomic E-state index is 2.56. The van der Waals surface area contributed by atoms with Crippen LogP contribution in [0, 0.1) is 0 Å². The molecule has 0 atom stereocenters. The zero-order valence-electron chi connectivity index (χ0n) is 44.2. The smallest absolute Gasteiger partial charge is 0.0720 e. The SMILES string of the molecule is CC1(C)c2ccccc2-c2ccc(N(c3ccc4c(c3)-c3ccccc3C4(c3ccccc3)c3ccccc3)c3ccc4c(c3)C3(c5ccccc5-4)c4ccccc4C(c4ccccc4)(c4ccccc4)c4ccccc43)cc21. The van der Waals surface area contributed by atoms with Gasteiger partial charge < -0.3 is 4.90 Å². The molecule has 4 aliphatic carbocycles. The van der Waals surface area contributed by atoms with Crippen LogP contribution in [0.4, 0.5) is 17.1 Å². The Morgan fingerprint density at radius 2 is 0.494 bits per heavy atom. The molecule has 12 aromatic carbocycles. The minimum atomic E-state index is -0.655. The first-order chi connectivity index (χ1) is 39.0. The molecule has 4 aliphatic rings. The summed E-state index contributed by atoms with van der Waals surface area (Å²) >= 11 is 0. The van der Waals surface area contributed by atoms with Crippen LogP contribution in [0.2, 0.25) is 0 Å². The van der Waals surface area contributed by atoms with Gasteiger partial charge in [0.1, 0.15) is 0 Å². The van der Waals surface area contributed by atoms with Gasteiger partial charge in [0.05, 0.1) is 16.2 Å². The van der Waals surface area contributed by atoms with Crippen LogP contribution in [0.5, 0.6) is 0 Å². The second-order valence-corrected chi connectivity index (χ2v) is 22.6. The third-order valence-corrected chi connectivity index (χ3v) is 18.7. The maximum Gasteiger partial charge on any atom is 0.0720 e. The van der Waals surface area contributed by atoms with E-state index in [9.17, 15) is 0 Å². The largest absolute Gasteiger partial charge is 0.310 e. The van der Waals surface area contributed by atoms with Crippen LogP contribution in [0.15, 0.2) is 297 Å². The first-order valence-corrected chi connectivity index (χ1v) is 27.9. The summed E-state index contributed by atoms with van der Waals surface area (Å²) in [5.41, 5.74) is 27.2. The van der Waals surface area contributed by atoms with Crippen LogP contribution in [-0.2, 0) is 21.7 Å². The number of nitrogens with zero attached hydrogens (tertiary/aromatic N) is 1. The predicted molar refractivity (Wildman–Crippen MR) is 325 cm³/mol. The van der Waals surface area contributed by atoms with Crippen LogP contribution < -0.4 is 4.90 Å². The third kappa shape index (κ3) is 6.00. The molecule has 1 spiro atoms. The zero-order valence-corrected chi connectivity index (χ0v) is 44.2. The van der Waals surface area contributed by atoms with Crippen molar-refractivity contribution in [3.63, 3.8) is 0 Å². The van der Waals surface area contributed by atoms with Gasteiger partial charge in [-0.15, -0.1) is 0 Å². The van der Waals surface area contributed by atoms with Crippen molar-refractivity contribution in [3.8, 4) is 33.4 Å². The van der Waals surface area contributed by atoms with Crippen LogP contribution >= 0.6 is 0 Å². The second kappa shape index (κ2) is 17.0. The highest BCUT2D eigenvalue weighted by Gasteiger charge is 2.57. The molecule has 1 heteroatoms. The van der Waals surface area contributed by atoms with Crippen molar-refractivity contribution in [2.45, 2.75) is 35.5 Å². The maximum atomic E-state index is 2.56. The molecule has 0 amide bonds. The highest BCUT2D eigenvalue weighted by atomic mass is 15.1. The van der Waals surface area contributed by atoms with Crippen molar-refractivity contribution in [1.82, 2.24) is 0 Å². The van der Waals surface area contributed by atoms with Gasteiger partial charge in [-0.3, -0.25) is 0 Å². The molecule has 0 heterocycles. The highest BCUT2D eigenvalue weighted by molar-refractivity contribution is 5.95.